The third-order valence-corrected chi connectivity index (χ3v) is 6.85. The van der Waals surface area contributed by atoms with E-state index in [2.05, 4.69) is 48.0 Å². The van der Waals surface area contributed by atoms with Gasteiger partial charge in [-0.2, -0.15) is 5.10 Å². The van der Waals surface area contributed by atoms with E-state index < -0.39 is 0 Å². The average Bonchev–Trinajstić information content (AvgIpc) is 3.61. The first-order chi connectivity index (χ1) is 17.8. The average molecular weight is 508 g/mol. The highest BCUT2D eigenvalue weighted by molar-refractivity contribution is 7.13. The first kappa shape index (κ1) is 23.1. The summed E-state index contributed by atoms with van der Waals surface area (Å²) in [6.45, 7) is 6.11. The highest BCUT2D eigenvalue weighted by Gasteiger charge is 2.18. The number of thiophene rings is 1. The molecule has 9 heteroatoms. The van der Waals surface area contributed by atoms with Gasteiger partial charge in [-0.1, -0.05) is 26.8 Å². The molecule has 0 atom stereocenters. The van der Waals surface area contributed by atoms with Crippen molar-refractivity contribution in [3.05, 3.63) is 66.4 Å². The highest BCUT2D eigenvalue weighted by atomic mass is 32.1. The molecule has 0 saturated carbocycles. The molecule has 0 unspecified atom stereocenters. The molecule has 6 aromatic rings. The molecule has 0 aliphatic carbocycles. The molecule has 0 saturated heterocycles. The highest BCUT2D eigenvalue weighted by Crippen LogP contribution is 2.34. The maximum atomic E-state index is 12.4. The minimum Gasteiger partial charge on any atom is -0.353 e. The van der Waals surface area contributed by atoms with Crippen molar-refractivity contribution in [2.75, 3.05) is 5.32 Å². The molecule has 0 bridgehead atoms. The molecule has 6 rings (SSSR count). The van der Waals surface area contributed by atoms with Gasteiger partial charge in [0.05, 0.1) is 39.4 Å². The SMILES string of the molecule is CC(C)(C)CC(=O)Nc1cncc(-c2ccc3[nH]nc(-c4cc5c(-c6cccs6)nccc5[nH]4)c3n2)c1. The van der Waals surface area contributed by atoms with E-state index in [1.807, 2.05) is 57.3 Å². The van der Waals surface area contributed by atoms with Gasteiger partial charge in [0.1, 0.15) is 11.2 Å². The van der Waals surface area contributed by atoms with E-state index in [-0.39, 0.29) is 11.3 Å². The Kier molecular flexibility index (Phi) is 5.57. The molecule has 1 amide bonds. The number of rotatable bonds is 5. The molecule has 0 radical (unpaired) electrons. The van der Waals surface area contributed by atoms with Gasteiger partial charge in [0.2, 0.25) is 5.91 Å². The van der Waals surface area contributed by atoms with E-state index in [1.54, 1.807) is 23.7 Å². The van der Waals surface area contributed by atoms with Crippen LogP contribution >= 0.6 is 11.3 Å². The number of H-pyrrole nitrogens is 2. The zero-order chi connectivity index (χ0) is 25.6. The molecular weight excluding hydrogens is 482 g/mol. The molecule has 0 aliphatic rings. The number of amides is 1. The lowest BCUT2D eigenvalue weighted by Gasteiger charge is -2.17. The van der Waals surface area contributed by atoms with Crippen molar-refractivity contribution in [1.82, 2.24) is 30.1 Å². The van der Waals surface area contributed by atoms with E-state index in [1.165, 1.54) is 0 Å². The minimum atomic E-state index is -0.0946. The number of aromatic amines is 2. The van der Waals surface area contributed by atoms with Gasteiger partial charge in [-0.3, -0.25) is 19.9 Å². The number of aromatic nitrogens is 6. The van der Waals surface area contributed by atoms with Crippen LogP contribution in [0, 0.1) is 5.41 Å². The molecule has 0 fully saturated rings. The Balaban J connectivity index is 1.36. The molecule has 0 aromatic carbocycles. The van der Waals surface area contributed by atoms with Crippen molar-refractivity contribution < 1.29 is 4.79 Å². The number of pyridine rings is 3. The minimum absolute atomic E-state index is 0.0396. The van der Waals surface area contributed by atoms with Crippen LogP contribution in [0.3, 0.4) is 0 Å². The van der Waals surface area contributed by atoms with Crippen LogP contribution in [-0.2, 0) is 4.79 Å². The van der Waals surface area contributed by atoms with Crippen molar-refractivity contribution in [3.8, 4) is 33.2 Å². The maximum absolute atomic E-state index is 12.4. The maximum Gasteiger partial charge on any atom is 0.224 e. The van der Waals surface area contributed by atoms with Crippen molar-refractivity contribution in [2.24, 2.45) is 5.41 Å². The molecule has 37 heavy (non-hydrogen) atoms. The molecule has 6 heterocycles. The lowest BCUT2D eigenvalue weighted by atomic mass is 9.92. The normalized spacial score (nSPS) is 11.9. The molecule has 8 nitrogen and oxygen atoms in total. The number of hydrogen-bond donors (Lipinski definition) is 3. The zero-order valence-electron chi connectivity index (χ0n) is 20.7. The Morgan fingerprint density at radius 3 is 2.76 bits per heavy atom. The van der Waals surface area contributed by atoms with Gasteiger partial charge in [0, 0.05) is 35.3 Å². The van der Waals surface area contributed by atoms with Crippen LogP contribution in [0.4, 0.5) is 5.69 Å². The van der Waals surface area contributed by atoms with Gasteiger partial charge in [-0.15, -0.1) is 11.3 Å². The Morgan fingerprint density at radius 1 is 1.05 bits per heavy atom. The standard InChI is InChI=1S/C28H25N7OS/c1-28(2,3)13-24(36)31-17-11-16(14-29-15-17)19-6-7-21-26(33-19)27(35-34-21)22-12-18-20(32-22)8-9-30-25(18)23-5-4-10-37-23/h4-12,14-15,32H,13H2,1-3H3,(H,31,36)(H,34,35). The Hall–Kier alpha value is -4.37. The van der Waals surface area contributed by atoms with Crippen LogP contribution in [0.1, 0.15) is 27.2 Å². The second-order valence-corrected chi connectivity index (χ2v) is 11.1. The number of carbonyl (C=O) groups is 1. The first-order valence-electron chi connectivity index (χ1n) is 12.0. The van der Waals surface area contributed by atoms with Gasteiger partial charge in [-0.25, -0.2) is 4.98 Å². The number of hydrogen-bond acceptors (Lipinski definition) is 6. The number of carbonyl (C=O) groups excluding carboxylic acids is 1. The summed E-state index contributed by atoms with van der Waals surface area (Å²) in [5.41, 5.74) is 7.20. The predicted molar refractivity (Wildman–Crippen MR) is 148 cm³/mol. The smallest absolute Gasteiger partial charge is 0.224 e. The number of nitrogens with zero attached hydrogens (tertiary/aromatic N) is 4. The van der Waals surface area contributed by atoms with Crippen LogP contribution in [0.25, 0.3) is 55.2 Å². The van der Waals surface area contributed by atoms with Gasteiger partial charge in [0.25, 0.3) is 0 Å². The fourth-order valence-electron chi connectivity index (χ4n) is 4.37. The molecule has 6 aromatic heterocycles. The summed E-state index contributed by atoms with van der Waals surface area (Å²) in [6, 6.07) is 13.9. The predicted octanol–water partition coefficient (Wildman–Crippen LogP) is 6.67. The van der Waals surface area contributed by atoms with E-state index in [4.69, 9.17) is 4.98 Å². The number of nitrogens with one attached hydrogen (secondary N) is 3. The molecule has 184 valence electrons. The van der Waals surface area contributed by atoms with Crippen LogP contribution in [0.2, 0.25) is 0 Å². The van der Waals surface area contributed by atoms with Crippen molar-refractivity contribution >= 4 is 44.9 Å². The Bertz CT molecular complexity index is 1740. The summed E-state index contributed by atoms with van der Waals surface area (Å²) in [7, 11) is 0. The third-order valence-electron chi connectivity index (χ3n) is 5.97. The van der Waals surface area contributed by atoms with E-state index in [0.717, 1.165) is 55.2 Å². The lowest BCUT2D eigenvalue weighted by Crippen LogP contribution is -2.19. The Labute approximate surface area is 217 Å². The monoisotopic (exact) mass is 507 g/mol. The number of anilines is 1. The van der Waals surface area contributed by atoms with E-state index in [9.17, 15) is 4.79 Å². The quantitative estimate of drug-likeness (QED) is 0.241. The van der Waals surface area contributed by atoms with Crippen LogP contribution in [0.5, 0.6) is 0 Å². The summed E-state index contributed by atoms with van der Waals surface area (Å²) >= 11 is 1.66. The lowest BCUT2D eigenvalue weighted by molar-refractivity contribution is -0.117. The summed E-state index contributed by atoms with van der Waals surface area (Å²) < 4.78 is 0. The van der Waals surface area contributed by atoms with Crippen LogP contribution < -0.4 is 5.32 Å². The second kappa shape index (κ2) is 8.94. The van der Waals surface area contributed by atoms with Crippen molar-refractivity contribution in [3.63, 3.8) is 0 Å². The summed E-state index contributed by atoms with van der Waals surface area (Å²) in [5, 5.41) is 13.7. The van der Waals surface area contributed by atoms with Crippen LogP contribution in [-0.4, -0.2) is 36.0 Å². The zero-order valence-corrected chi connectivity index (χ0v) is 21.5. The molecule has 0 aliphatic heterocycles. The van der Waals surface area contributed by atoms with Gasteiger partial charge < -0.3 is 10.3 Å². The third kappa shape index (κ3) is 4.61. The summed E-state index contributed by atoms with van der Waals surface area (Å²) in [5.74, 6) is -0.0396. The molecular formula is C28H25N7OS. The first-order valence-corrected chi connectivity index (χ1v) is 12.8. The fourth-order valence-corrected chi connectivity index (χ4v) is 5.11. The van der Waals surface area contributed by atoms with Crippen molar-refractivity contribution in [1.29, 1.82) is 0 Å². The summed E-state index contributed by atoms with van der Waals surface area (Å²) in [4.78, 5) is 30.9. The van der Waals surface area contributed by atoms with Crippen LogP contribution in [0.15, 0.2) is 66.4 Å². The van der Waals surface area contributed by atoms with E-state index in [0.29, 0.717) is 12.1 Å². The van der Waals surface area contributed by atoms with Gasteiger partial charge >= 0.3 is 0 Å². The summed E-state index contributed by atoms with van der Waals surface area (Å²) in [6.07, 6.45) is 5.63. The molecule has 0 spiro atoms. The van der Waals surface area contributed by atoms with Gasteiger partial charge in [0.15, 0.2) is 0 Å². The largest absolute Gasteiger partial charge is 0.353 e. The topological polar surface area (TPSA) is 112 Å². The van der Waals surface area contributed by atoms with Crippen molar-refractivity contribution in [2.45, 2.75) is 27.2 Å². The Morgan fingerprint density at radius 2 is 1.95 bits per heavy atom. The molecule has 3 N–H and O–H groups in total. The number of fused-ring (bicyclic) bond motifs is 2. The fraction of sp³-hybridized carbons (Fsp3) is 0.179. The van der Waals surface area contributed by atoms with E-state index >= 15 is 0 Å². The second-order valence-electron chi connectivity index (χ2n) is 10.2. The van der Waals surface area contributed by atoms with Gasteiger partial charge in [-0.05, 0) is 47.2 Å².